The molecule has 0 unspecified atom stereocenters. The summed E-state index contributed by atoms with van der Waals surface area (Å²) in [5.74, 6) is 0. The average Bonchev–Trinajstić information content (AvgIpc) is 2.65. The highest BCUT2D eigenvalue weighted by atomic mass is 32.2. The number of hydrogen-bond acceptors (Lipinski definition) is 3. The SMILES string of the molecule is CS(=O)(=O)n1cc(CCC=O)c2ccccc21. The first-order valence-electron chi connectivity index (χ1n) is 5.27. The van der Waals surface area contributed by atoms with Gasteiger partial charge in [-0.15, -0.1) is 0 Å². The van der Waals surface area contributed by atoms with Crippen LogP contribution in [-0.2, 0) is 21.2 Å². The summed E-state index contributed by atoms with van der Waals surface area (Å²) in [7, 11) is -3.31. The van der Waals surface area contributed by atoms with E-state index in [1.54, 1.807) is 18.3 Å². The summed E-state index contributed by atoms with van der Waals surface area (Å²) in [4.78, 5) is 10.4. The van der Waals surface area contributed by atoms with Crippen LogP contribution in [0.5, 0.6) is 0 Å². The minimum atomic E-state index is -3.31. The molecule has 0 radical (unpaired) electrons. The number of fused-ring (bicyclic) bond motifs is 1. The number of aryl methyl sites for hydroxylation is 1. The first-order chi connectivity index (χ1) is 8.04. The number of aldehydes is 1. The summed E-state index contributed by atoms with van der Waals surface area (Å²) in [6, 6.07) is 7.30. The molecule has 0 aliphatic carbocycles. The van der Waals surface area contributed by atoms with Crippen LogP contribution >= 0.6 is 0 Å². The standard InChI is InChI=1S/C12H13NO3S/c1-17(15,16)13-9-10(5-4-8-14)11-6-2-3-7-12(11)13/h2-3,6-9H,4-5H2,1H3. The van der Waals surface area contributed by atoms with Gasteiger partial charge in [0.25, 0.3) is 0 Å². The third kappa shape index (κ3) is 2.24. The van der Waals surface area contributed by atoms with Gasteiger partial charge < -0.3 is 4.79 Å². The van der Waals surface area contributed by atoms with Crippen molar-refractivity contribution in [2.45, 2.75) is 12.8 Å². The van der Waals surface area contributed by atoms with Crippen LogP contribution < -0.4 is 0 Å². The van der Waals surface area contributed by atoms with E-state index in [-0.39, 0.29) is 0 Å². The Morgan fingerprint density at radius 1 is 1.29 bits per heavy atom. The number of nitrogens with zero attached hydrogens (tertiary/aromatic N) is 1. The van der Waals surface area contributed by atoms with E-state index >= 15 is 0 Å². The molecule has 1 aromatic heterocycles. The fraction of sp³-hybridized carbons (Fsp3) is 0.250. The fourth-order valence-electron chi connectivity index (χ4n) is 1.91. The Bertz CT molecular complexity index is 655. The fourth-order valence-corrected chi connectivity index (χ4v) is 2.74. The Labute approximate surface area is 99.9 Å². The Morgan fingerprint density at radius 2 is 2.00 bits per heavy atom. The van der Waals surface area contributed by atoms with Crippen LogP contribution in [0.25, 0.3) is 10.9 Å². The lowest BCUT2D eigenvalue weighted by Crippen LogP contribution is -2.08. The highest BCUT2D eigenvalue weighted by Crippen LogP contribution is 2.23. The van der Waals surface area contributed by atoms with Crippen LogP contribution in [0.2, 0.25) is 0 Å². The molecule has 0 fully saturated rings. The monoisotopic (exact) mass is 251 g/mol. The van der Waals surface area contributed by atoms with Crippen molar-refractivity contribution in [2.75, 3.05) is 6.26 Å². The van der Waals surface area contributed by atoms with E-state index < -0.39 is 10.0 Å². The lowest BCUT2D eigenvalue weighted by molar-refractivity contribution is -0.107. The van der Waals surface area contributed by atoms with Crippen molar-refractivity contribution >= 4 is 27.2 Å². The second kappa shape index (κ2) is 4.33. The summed E-state index contributed by atoms with van der Waals surface area (Å²) in [5.41, 5.74) is 1.55. The second-order valence-corrected chi connectivity index (χ2v) is 5.80. The summed E-state index contributed by atoms with van der Waals surface area (Å²) in [5, 5.41) is 0.889. The Balaban J connectivity index is 2.66. The molecular weight excluding hydrogens is 238 g/mol. The van der Waals surface area contributed by atoms with Gasteiger partial charge in [0.2, 0.25) is 10.0 Å². The number of para-hydroxylation sites is 1. The van der Waals surface area contributed by atoms with Crippen LogP contribution in [-0.4, -0.2) is 24.9 Å². The molecule has 90 valence electrons. The molecule has 4 nitrogen and oxygen atoms in total. The minimum absolute atomic E-state index is 0.401. The van der Waals surface area contributed by atoms with E-state index in [1.165, 1.54) is 10.2 Å². The smallest absolute Gasteiger partial charge is 0.236 e. The van der Waals surface area contributed by atoms with Crippen molar-refractivity contribution in [3.8, 4) is 0 Å². The topological polar surface area (TPSA) is 56.1 Å². The van der Waals surface area contributed by atoms with Gasteiger partial charge in [-0.1, -0.05) is 18.2 Å². The van der Waals surface area contributed by atoms with Gasteiger partial charge >= 0.3 is 0 Å². The second-order valence-electron chi connectivity index (χ2n) is 3.94. The van der Waals surface area contributed by atoms with E-state index in [1.807, 2.05) is 12.1 Å². The van der Waals surface area contributed by atoms with E-state index in [0.29, 0.717) is 18.4 Å². The summed E-state index contributed by atoms with van der Waals surface area (Å²) in [6.45, 7) is 0. The van der Waals surface area contributed by atoms with Gasteiger partial charge in [-0.2, -0.15) is 0 Å². The largest absolute Gasteiger partial charge is 0.303 e. The van der Waals surface area contributed by atoms with Crippen molar-refractivity contribution in [3.63, 3.8) is 0 Å². The van der Waals surface area contributed by atoms with Crippen LogP contribution in [0, 0.1) is 0 Å². The lowest BCUT2D eigenvalue weighted by Gasteiger charge is -2.00. The number of hydrogen-bond donors (Lipinski definition) is 0. The van der Waals surface area contributed by atoms with E-state index in [4.69, 9.17) is 0 Å². The quantitative estimate of drug-likeness (QED) is 0.775. The maximum absolute atomic E-state index is 11.6. The third-order valence-electron chi connectivity index (χ3n) is 2.65. The molecule has 0 atom stereocenters. The lowest BCUT2D eigenvalue weighted by atomic mass is 10.1. The Kier molecular flexibility index (Phi) is 3.02. The van der Waals surface area contributed by atoms with Crippen molar-refractivity contribution in [2.24, 2.45) is 0 Å². The number of carbonyl (C=O) groups excluding carboxylic acids is 1. The molecule has 2 rings (SSSR count). The first-order valence-corrected chi connectivity index (χ1v) is 7.12. The normalized spacial score (nSPS) is 11.8. The van der Waals surface area contributed by atoms with Gasteiger partial charge in [0.1, 0.15) is 6.29 Å². The molecule has 1 heterocycles. The van der Waals surface area contributed by atoms with Crippen molar-refractivity contribution < 1.29 is 13.2 Å². The van der Waals surface area contributed by atoms with Gasteiger partial charge in [0.05, 0.1) is 11.8 Å². The van der Waals surface area contributed by atoms with E-state index in [0.717, 1.165) is 17.2 Å². The number of benzene rings is 1. The zero-order valence-corrected chi connectivity index (χ0v) is 10.3. The molecule has 1 aromatic carbocycles. The molecule has 0 saturated carbocycles. The maximum Gasteiger partial charge on any atom is 0.236 e. The minimum Gasteiger partial charge on any atom is -0.303 e. The zero-order chi connectivity index (χ0) is 12.5. The third-order valence-corrected chi connectivity index (χ3v) is 3.67. The molecular formula is C12H13NO3S. The molecule has 2 aromatic rings. The van der Waals surface area contributed by atoms with Gasteiger partial charge in [-0.3, -0.25) is 0 Å². The highest BCUT2D eigenvalue weighted by molar-refractivity contribution is 7.89. The average molecular weight is 251 g/mol. The predicted molar refractivity (Wildman–Crippen MR) is 66.6 cm³/mol. The number of rotatable bonds is 4. The molecule has 0 aliphatic rings. The van der Waals surface area contributed by atoms with Gasteiger partial charge in [-0.25, -0.2) is 12.4 Å². The number of carbonyl (C=O) groups is 1. The van der Waals surface area contributed by atoms with Crippen LogP contribution in [0.15, 0.2) is 30.5 Å². The number of aromatic nitrogens is 1. The molecule has 5 heteroatoms. The van der Waals surface area contributed by atoms with E-state index in [2.05, 4.69) is 0 Å². The summed E-state index contributed by atoms with van der Waals surface area (Å²) < 4.78 is 24.5. The van der Waals surface area contributed by atoms with Gasteiger partial charge in [-0.05, 0) is 18.1 Å². The highest BCUT2D eigenvalue weighted by Gasteiger charge is 2.13. The summed E-state index contributed by atoms with van der Waals surface area (Å²) >= 11 is 0. The van der Waals surface area contributed by atoms with Gasteiger partial charge in [0, 0.05) is 18.0 Å². The molecule has 0 bridgehead atoms. The van der Waals surface area contributed by atoms with Gasteiger partial charge in [0.15, 0.2) is 0 Å². The molecule has 0 aliphatic heterocycles. The Morgan fingerprint density at radius 3 is 2.65 bits per heavy atom. The van der Waals surface area contributed by atoms with Crippen molar-refractivity contribution in [1.82, 2.24) is 3.97 Å². The summed E-state index contributed by atoms with van der Waals surface area (Å²) in [6.07, 6.45) is 4.57. The van der Waals surface area contributed by atoms with Crippen molar-refractivity contribution in [1.29, 1.82) is 0 Å². The predicted octanol–water partition coefficient (Wildman–Crippen LogP) is 1.58. The van der Waals surface area contributed by atoms with Crippen LogP contribution in [0.1, 0.15) is 12.0 Å². The molecule has 0 saturated heterocycles. The Hall–Kier alpha value is -1.62. The first kappa shape index (κ1) is 11.9. The molecule has 0 spiro atoms. The molecule has 0 N–H and O–H groups in total. The molecule has 17 heavy (non-hydrogen) atoms. The molecule has 0 amide bonds. The zero-order valence-electron chi connectivity index (χ0n) is 9.46. The van der Waals surface area contributed by atoms with E-state index in [9.17, 15) is 13.2 Å². The van der Waals surface area contributed by atoms with Crippen LogP contribution in [0.3, 0.4) is 0 Å². The van der Waals surface area contributed by atoms with Crippen molar-refractivity contribution in [3.05, 3.63) is 36.0 Å². The van der Waals surface area contributed by atoms with Crippen LogP contribution in [0.4, 0.5) is 0 Å². The maximum atomic E-state index is 11.6.